The van der Waals surface area contributed by atoms with E-state index < -0.39 is 5.97 Å². The number of hydrogen-bond donors (Lipinski definition) is 1. The van der Waals surface area contributed by atoms with Crippen molar-refractivity contribution in [2.24, 2.45) is 0 Å². The van der Waals surface area contributed by atoms with Crippen LogP contribution in [0.4, 0.5) is 5.00 Å². The van der Waals surface area contributed by atoms with Gasteiger partial charge in [0, 0.05) is 4.88 Å². The molecular formula is C12H14N2O3S2. The fourth-order valence-electron chi connectivity index (χ4n) is 1.32. The quantitative estimate of drug-likeness (QED) is 0.644. The van der Waals surface area contributed by atoms with Gasteiger partial charge in [0.15, 0.2) is 0 Å². The van der Waals surface area contributed by atoms with Crippen molar-refractivity contribution in [3.8, 4) is 6.07 Å². The Bertz CT molecular complexity index is 506. The summed E-state index contributed by atoms with van der Waals surface area (Å²) in [5, 5.41) is 11.6. The molecule has 0 saturated carbocycles. The third kappa shape index (κ3) is 4.93. The lowest BCUT2D eigenvalue weighted by Crippen LogP contribution is -2.16. The molecule has 0 atom stereocenters. The lowest BCUT2D eigenvalue weighted by molar-refractivity contribution is -0.113. The topological polar surface area (TPSA) is 79.2 Å². The second-order valence-corrected chi connectivity index (χ2v) is 5.76. The van der Waals surface area contributed by atoms with Crippen LogP contribution in [0.3, 0.4) is 0 Å². The molecule has 0 aliphatic rings. The van der Waals surface area contributed by atoms with Crippen LogP contribution in [-0.2, 0) is 9.53 Å². The fraction of sp³-hybridized carbons (Fsp3) is 0.417. The van der Waals surface area contributed by atoms with E-state index in [4.69, 9.17) is 10.00 Å². The zero-order valence-electron chi connectivity index (χ0n) is 10.7. The van der Waals surface area contributed by atoms with Crippen LogP contribution in [-0.4, -0.2) is 30.0 Å². The zero-order chi connectivity index (χ0) is 14.3. The van der Waals surface area contributed by atoms with Crippen LogP contribution in [0.2, 0.25) is 0 Å². The van der Waals surface area contributed by atoms with Crippen LogP contribution in [0.1, 0.15) is 22.2 Å². The summed E-state index contributed by atoms with van der Waals surface area (Å²) in [6.07, 6.45) is 0. The van der Waals surface area contributed by atoms with E-state index in [0.29, 0.717) is 17.2 Å². The average molecular weight is 298 g/mol. The van der Waals surface area contributed by atoms with Gasteiger partial charge >= 0.3 is 5.97 Å². The molecule has 1 aromatic heterocycles. The van der Waals surface area contributed by atoms with Crippen LogP contribution in [0.5, 0.6) is 0 Å². The predicted molar refractivity (Wildman–Crippen MR) is 76.6 cm³/mol. The van der Waals surface area contributed by atoms with Crippen molar-refractivity contribution in [2.75, 3.05) is 23.4 Å². The summed E-state index contributed by atoms with van der Waals surface area (Å²) >= 11 is 2.56. The first-order valence-electron chi connectivity index (χ1n) is 5.60. The SMILES string of the molecule is CCOC(=O)c1cc(C)sc1NC(=O)CSCC#N. The van der Waals surface area contributed by atoms with E-state index in [-0.39, 0.29) is 17.4 Å². The maximum absolute atomic E-state index is 11.7. The Hall–Kier alpha value is -1.52. The summed E-state index contributed by atoms with van der Waals surface area (Å²) in [4.78, 5) is 24.3. The number of hydrogen-bond acceptors (Lipinski definition) is 6. The van der Waals surface area contributed by atoms with E-state index in [2.05, 4.69) is 5.32 Å². The van der Waals surface area contributed by atoms with Gasteiger partial charge in [-0.05, 0) is 19.9 Å². The van der Waals surface area contributed by atoms with Crippen molar-refractivity contribution in [1.29, 1.82) is 5.26 Å². The van der Waals surface area contributed by atoms with Crippen molar-refractivity contribution in [1.82, 2.24) is 0 Å². The highest BCUT2D eigenvalue weighted by atomic mass is 32.2. The van der Waals surface area contributed by atoms with Gasteiger partial charge in [-0.15, -0.1) is 23.1 Å². The van der Waals surface area contributed by atoms with E-state index in [1.807, 2.05) is 13.0 Å². The highest BCUT2D eigenvalue weighted by molar-refractivity contribution is 8.00. The molecule has 1 N–H and O–H groups in total. The number of carbonyl (C=O) groups is 2. The molecule has 0 unspecified atom stereocenters. The molecule has 1 heterocycles. The molecule has 0 aliphatic heterocycles. The maximum Gasteiger partial charge on any atom is 0.341 e. The number of thioether (sulfide) groups is 1. The highest BCUT2D eigenvalue weighted by Gasteiger charge is 2.17. The van der Waals surface area contributed by atoms with Crippen LogP contribution < -0.4 is 5.32 Å². The maximum atomic E-state index is 11.7. The molecule has 0 aromatic carbocycles. The van der Waals surface area contributed by atoms with Gasteiger partial charge in [-0.1, -0.05) is 0 Å². The second-order valence-electron chi connectivity index (χ2n) is 3.52. The lowest BCUT2D eigenvalue weighted by atomic mass is 10.3. The van der Waals surface area contributed by atoms with E-state index >= 15 is 0 Å². The number of rotatable bonds is 6. The summed E-state index contributed by atoms with van der Waals surface area (Å²) < 4.78 is 4.93. The first kappa shape index (κ1) is 15.5. The summed E-state index contributed by atoms with van der Waals surface area (Å²) in [6.45, 7) is 3.88. The minimum atomic E-state index is -0.438. The molecule has 0 radical (unpaired) electrons. The first-order valence-corrected chi connectivity index (χ1v) is 7.57. The van der Waals surface area contributed by atoms with Gasteiger partial charge in [-0.3, -0.25) is 4.79 Å². The molecule has 0 saturated heterocycles. The van der Waals surface area contributed by atoms with Crippen LogP contribution in [0, 0.1) is 18.3 Å². The third-order valence-corrected chi connectivity index (χ3v) is 3.77. The van der Waals surface area contributed by atoms with Crippen molar-refractivity contribution in [3.63, 3.8) is 0 Å². The third-order valence-electron chi connectivity index (χ3n) is 2.00. The number of esters is 1. The molecular weight excluding hydrogens is 284 g/mol. The van der Waals surface area contributed by atoms with E-state index in [1.54, 1.807) is 13.0 Å². The Morgan fingerprint density at radius 2 is 2.32 bits per heavy atom. The molecule has 102 valence electrons. The van der Waals surface area contributed by atoms with Gasteiger partial charge in [0.25, 0.3) is 0 Å². The molecule has 0 fully saturated rings. The van der Waals surface area contributed by atoms with Crippen LogP contribution in [0.15, 0.2) is 6.07 Å². The van der Waals surface area contributed by atoms with Gasteiger partial charge < -0.3 is 10.1 Å². The Morgan fingerprint density at radius 3 is 2.95 bits per heavy atom. The second kappa shape index (κ2) is 7.81. The number of nitrogens with one attached hydrogen (secondary N) is 1. The molecule has 1 rings (SSSR count). The Balaban J connectivity index is 2.70. The smallest absolute Gasteiger partial charge is 0.341 e. The van der Waals surface area contributed by atoms with Gasteiger partial charge in [-0.25, -0.2) is 4.79 Å². The number of nitriles is 1. The number of anilines is 1. The summed E-state index contributed by atoms with van der Waals surface area (Å²) in [5.74, 6) is -0.214. The molecule has 1 amide bonds. The van der Waals surface area contributed by atoms with E-state index in [1.165, 1.54) is 23.1 Å². The molecule has 19 heavy (non-hydrogen) atoms. The molecule has 5 nitrogen and oxygen atoms in total. The number of aryl methyl sites for hydroxylation is 1. The van der Waals surface area contributed by atoms with Gasteiger partial charge in [0.2, 0.25) is 5.91 Å². The average Bonchev–Trinajstić information content (AvgIpc) is 2.71. The minimum Gasteiger partial charge on any atom is -0.462 e. The van der Waals surface area contributed by atoms with E-state index in [0.717, 1.165) is 4.88 Å². The molecule has 7 heteroatoms. The van der Waals surface area contributed by atoms with Crippen LogP contribution >= 0.6 is 23.1 Å². The van der Waals surface area contributed by atoms with Crippen molar-refractivity contribution < 1.29 is 14.3 Å². The number of thiophene rings is 1. The van der Waals surface area contributed by atoms with Gasteiger partial charge in [0.05, 0.1) is 29.7 Å². The molecule has 0 spiro atoms. The first-order chi connectivity index (χ1) is 9.08. The standard InChI is InChI=1S/C12H14N2O3S2/c1-3-17-12(16)9-6-8(2)19-11(9)14-10(15)7-18-5-4-13/h6H,3,5,7H2,1-2H3,(H,14,15). The summed E-state index contributed by atoms with van der Waals surface area (Å²) in [7, 11) is 0. The van der Waals surface area contributed by atoms with Crippen LogP contribution in [0.25, 0.3) is 0 Å². The largest absolute Gasteiger partial charge is 0.462 e. The Labute approximate surface area is 119 Å². The predicted octanol–water partition coefficient (Wildman–Crippen LogP) is 2.43. The number of amides is 1. The van der Waals surface area contributed by atoms with E-state index in [9.17, 15) is 9.59 Å². The molecule has 0 bridgehead atoms. The lowest BCUT2D eigenvalue weighted by Gasteiger charge is -2.05. The highest BCUT2D eigenvalue weighted by Crippen LogP contribution is 2.28. The van der Waals surface area contributed by atoms with Gasteiger partial charge in [-0.2, -0.15) is 5.26 Å². The molecule has 0 aliphatic carbocycles. The Kier molecular flexibility index (Phi) is 6.39. The normalized spacial score (nSPS) is 9.74. The molecule has 1 aromatic rings. The van der Waals surface area contributed by atoms with Crippen molar-refractivity contribution in [3.05, 3.63) is 16.5 Å². The van der Waals surface area contributed by atoms with Crippen molar-refractivity contribution in [2.45, 2.75) is 13.8 Å². The fourth-order valence-corrected chi connectivity index (χ4v) is 2.69. The van der Waals surface area contributed by atoms with Gasteiger partial charge in [0.1, 0.15) is 5.00 Å². The number of carbonyl (C=O) groups excluding carboxylic acids is 2. The Morgan fingerprint density at radius 1 is 1.58 bits per heavy atom. The van der Waals surface area contributed by atoms with Crippen molar-refractivity contribution >= 4 is 40.0 Å². The summed E-state index contributed by atoms with van der Waals surface area (Å²) in [5.41, 5.74) is 0.378. The number of nitrogens with zero attached hydrogens (tertiary/aromatic N) is 1. The number of ether oxygens (including phenoxy) is 1. The summed E-state index contributed by atoms with van der Waals surface area (Å²) in [6, 6.07) is 3.64. The zero-order valence-corrected chi connectivity index (χ0v) is 12.3. The minimum absolute atomic E-state index is 0.187. The monoisotopic (exact) mass is 298 g/mol.